The van der Waals surface area contributed by atoms with Crippen molar-refractivity contribution >= 4 is 28.1 Å². The summed E-state index contributed by atoms with van der Waals surface area (Å²) in [5.74, 6) is -3.55. The number of aryl methyl sites for hydroxylation is 1. The number of methoxy groups -OCH3 is 2. The molecule has 1 saturated heterocycles. The van der Waals surface area contributed by atoms with Gasteiger partial charge in [0.1, 0.15) is 5.56 Å². The molecule has 1 aliphatic rings. The van der Waals surface area contributed by atoms with Gasteiger partial charge in [0.25, 0.3) is 0 Å². The summed E-state index contributed by atoms with van der Waals surface area (Å²) in [7, 11) is 4.13. The van der Waals surface area contributed by atoms with E-state index in [1.54, 1.807) is 23.9 Å². The molecule has 1 aliphatic heterocycles. The molecule has 0 bridgehead atoms. The molecule has 2 N–H and O–H groups in total. The highest BCUT2D eigenvalue weighted by atomic mass is 19.1. The van der Waals surface area contributed by atoms with Crippen molar-refractivity contribution in [1.82, 2.24) is 14.5 Å². The number of anilines is 2. The number of rotatable bonds is 8. The average molecular weight is 550 g/mol. The van der Waals surface area contributed by atoms with Crippen molar-refractivity contribution in [2.24, 2.45) is 7.05 Å². The molecular formula is C30H33F2N5O3. The molecule has 0 unspecified atom stereocenters. The number of ether oxygens (including phenoxy) is 2. The summed E-state index contributed by atoms with van der Waals surface area (Å²) in [5, 5.41) is 0.718. The summed E-state index contributed by atoms with van der Waals surface area (Å²) in [6.07, 6.45) is 2.15. The van der Waals surface area contributed by atoms with Crippen molar-refractivity contribution in [2.45, 2.75) is 13.3 Å². The minimum absolute atomic E-state index is 0.106. The number of halogens is 2. The molecule has 0 spiro atoms. The molecule has 3 heterocycles. The van der Waals surface area contributed by atoms with Crippen molar-refractivity contribution in [1.29, 1.82) is 0 Å². The Labute approximate surface area is 231 Å². The SMILES string of the molecule is CCN1CCN(c2ccc(Cc3cc4cc(C(=O)c5c(F)c(OC)cc(OC)c5F)n(C)c4cn3)c(N)c2)CC1. The van der Waals surface area contributed by atoms with Crippen LogP contribution in [0.25, 0.3) is 10.9 Å². The van der Waals surface area contributed by atoms with E-state index in [2.05, 4.69) is 27.8 Å². The third kappa shape index (κ3) is 4.95. The van der Waals surface area contributed by atoms with Gasteiger partial charge in [-0.2, -0.15) is 0 Å². The van der Waals surface area contributed by atoms with Crippen molar-refractivity contribution in [3.05, 3.63) is 76.7 Å². The Morgan fingerprint density at radius 1 is 1.00 bits per heavy atom. The number of aromatic nitrogens is 2. The van der Waals surface area contributed by atoms with E-state index in [0.717, 1.165) is 61.1 Å². The predicted molar refractivity (Wildman–Crippen MR) is 152 cm³/mol. The van der Waals surface area contributed by atoms with Gasteiger partial charge in [0, 0.05) is 68.2 Å². The van der Waals surface area contributed by atoms with Gasteiger partial charge in [-0.3, -0.25) is 9.78 Å². The van der Waals surface area contributed by atoms with E-state index in [4.69, 9.17) is 15.2 Å². The fourth-order valence-corrected chi connectivity index (χ4v) is 5.26. The highest BCUT2D eigenvalue weighted by molar-refractivity contribution is 6.11. The molecule has 0 atom stereocenters. The number of likely N-dealkylation sites (N-methyl/N-ethyl adjacent to an activating group) is 1. The van der Waals surface area contributed by atoms with Crippen LogP contribution in [-0.4, -0.2) is 67.2 Å². The lowest BCUT2D eigenvalue weighted by molar-refractivity contribution is 0.102. The third-order valence-corrected chi connectivity index (χ3v) is 7.70. The van der Waals surface area contributed by atoms with Crippen LogP contribution in [0.5, 0.6) is 11.5 Å². The molecule has 0 amide bonds. The van der Waals surface area contributed by atoms with Gasteiger partial charge in [-0.1, -0.05) is 13.0 Å². The minimum Gasteiger partial charge on any atom is -0.494 e. The number of fused-ring (bicyclic) bond motifs is 1. The smallest absolute Gasteiger partial charge is 0.215 e. The Morgan fingerprint density at radius 2 is 1.68 bits per heavy atom. The van der Waals surface area contributed by atoms with Crippen LogP contribution in [0, 0.1) is 11.6 Å². The van der Waals surface area contributed by atoms with Gasteiger partial charge in [-0.05, 0) is 36.4 Å². The number of pyridine rings is 1. The zero-order chi connectivity index (χ0) is 28.6. The zero-order valence-corrected chi connectivity index (χ0v) is 23.1. The van der Waals surface area contributed by atoms with E-state index in [9.17, 15) is 4.79 Å². The second kappa shape index (κ2) is 11.1. The number of ketones is 1. The average Bonchev–Trinajstić information content (AvgIpc) is 3.29. The lowest BCUT2D eigenvalue weighted by Gasteiger charge is -2.35. The molecule has 2 aromatic carbocycles. The van der Waals surface area contributed by atoms with E-state index in [1.165, 1.54) is 14.2 Å². The number of nitrogens with zero attached hydrogens (tertiary/aromatic N) is 4. The number of hydrogen-bond acceptors (Lipinski definition) is 7. The summed E-state index contributed by atoms with van der Waals surface area (Å²) in [4.78, 5) is 22.7. The quantitative estimate of drug-likeness (QED) is 0.257. The molecule has 0 radical (unpaired) electrons. The van der Waals surface area contributed by atoms with Crippen molar-refractivity contribution in [2.75, 3.05) is 57.6 Å². The molecule has 210 valence electrons. The molecule has 0 aliphatic carbocycles. The van der Waals surface area contributed by atoms with Crippen LogP contribution in [0.2, 0.25) is 0 Å². The number of piperazine rings is 1. The third-order valence-electron chi connectivity index (χ3n) is 7.70. The van der Waals surface area contributed by atoms with Gasteiger partial charge in [-0.15, -0.1) is 0 Å². The van der Waals surface area contributed by atoms with E-state index in [0.29, 0.717) is 17.6 Å². The summed E-state index contributed by atoms with van der Waals surface area (Å²) in [6.45, 7) is 7.25. The Bertz CT molecular complexity index is 1550. The molecule has 1 fully saturated rings. The summed E-state index contributed by atoms with van der Waals surface area (Å²) < 4.78 is 41.6. The number of nitrogens with two attached hydrogens (primary N) is 1. The summed E-state index contributed by atoms with van der Waals surface area (Å²) >= 11 is 0. The van der Waals surface area contributed by atoms with E-state index >= 15 is 8.78 Å². The number of benzene rings is 2. The highest BCUT2D eigenvalue weighted by Crippen LogP contribution is 2.34. The first-order valence-corrected chi connectivity index (χ1v) is 13.2. The van der Waals surface area contributed by atoms with Gasteiger partial charge >= 0.3 is 0 Å². The van der Waals surface area contributed by atoms with Gasteiger partial charge < -0.3 is 29.6 Å². The molecule has 8 nitrogen and oxygen atoms in total. The Morgan fingerprint density at radius 3 is 2.27 bits per heavy atom. The zero-order valence-electron chi connectivity index (χ0n) is 23.1. The Balaban J connectivity index is 1.41. The molecule has 0 saturated carbocycles. The normalized spacial score (nSPS) is 14.1. The molecule has 40 heavy (non-hydrogen) atoms. The minimum atomic E-state index is -1.08. The van der Waals surface area contributed by atoms with Crippen molar-refractivity contribution in [3.8, 4) is 11.5 Å². The van der Waals surface area contributed by atoms with E-state index < -0.39 is 23.0 Å². The number of carbonyl (C=O) groups is 1. The number of hydrogen-bond donors (Lipinski definition) is 1. The maximum absolute atomic E-state index is 15.0. The van der Waals surface area contributed by atoms with Gasteiger partial charge in [0.15, 0.2) is 23.1 Å². The van der Waals surface area contributed by atoms with Crippen LogP contribution >= 0.6 is 0 Å². The fourth-order valence-electron chi connectivity index (χ4n) is 5.26. The number of nitrogen functional groups attached to an aromatic ring is 1. The van der Waals surface area contributed by atoms with Crippen LogP contribution in [0.15, 0.2) is 42.6 Å². The first-order chi connectivity index (χ1) is 19.2. The molecule has 10 heteroatoms. The van der Waals surface area contributed by atoms with Gasteiger partial charge in [0.2, 0.25) is 5.78 Å². The summed E-state index contributed by atoms with van der Waals surface area (Å²) in [6, 6.07) is 10.7. The first kappa shape index (κ1) is 27.4. The fraction of sp³-hybridized carbons (Fsp3) is 0.333. The van der Waals surface area contributed by atoms with Crippen LogP contribution in [0.4, 0.5) is 20.2 Å². The summed E-state index contributed by atoms with van der Waals surface area (Å²) in [5.41, 5.74) is 9.97. The molecular weight excluding hydrogens is 516 g/mol. The highest BCUT2D eigenvalue weighted by Gasteiger charge is 2.28. The van der Waals surface area contributed by atoms with Crippen molar-refractivity contribution < 1.29 is 23.0 Å². The second-order valence-corrected chi connectivity index (χ2v) is 9.92. The first-order valence-electron chi connectivity index (χ1n) is 13.2. The lowest BCUT2D eigenvalue weighted by Crippen LogP contribution is -2.46. The van der Waals surface area contributed by atoms with Gasteiger partial charge in [0.05, 0.1) is 31.6 Å². The predicted octanol–water partition coefficient (Wildman–Crippen LogP) is 4.41. The van der Waals surface area contributed by atoms with Crippen LogP contribution in [0.3, 0.4) is 0 Å². The second-order valence-electron chi connectivity index (χ2n) is 9.92. The maximum Gasteiger partial charge on any atom is 0.215 e. The lowest BCUT2D eigenvalue weighted by atomic mass is 10.0. The maximum atomic E-state index is 15.0. The molecule has 5 rings (SSSR count). The van der Waals surface area contributed by atoms with E-state index in [1.807, 2.05) is 18.2 Å². The van der Waals surface area contributed by atoms with Crippen LogP contribution < -0.4 is 20.1 Å². The van der Waals surface area contributed by atoms with Gasteiger partial charge in [-0.25, -0.2) is 8.78 Å². The van der Waals surface area contributed by atoms with Crippen molar-refractivity contribution in [3.63, 3.8) is 0 Å². The molecule has 2 aromatic heterocycles. The number of carbonyl (C=O) groups excluding carboxylic acids is 1. The topological polar surface area (TPSA) is 85.9 Å². The monoisotopic (exact) mass is 549 g/mol. The molecule has 4 aromatic rings. The largest absolute Gasteiger partial charge is 0.494 e. The standard InChI is InChI=1S/C30H33F2N5O3/c1-5-36-8-10-37(11-9-36)21-7-6-18(22(33)15-21)12-20-13-19-14-23(35(2)24(19)17-34-20)30(38)27-28(31)25(39-3)16-26(40-4)29(27)32/h6-7,13-17H,5,8-12,33H2,1-4H3. The Hall–Kier alpha value is -4.18. The van der Waals surface area contributed by atoms with Crippen LogP contribution in [-0.2, 0) is 13.5 Å². The van der Waals surface area contributed by atoms with Crippen LogP contribution in [0.1, 0.15) is 34.2 Å². The Kier molecular flexibility index (Phi) is 7.62. The van der Waals surface area contributed by atoms with E-state index in [-0.39, 0.29) is 17.2 Å².